The van der Waals surface area contributed by atoms with Crippen LogP contribution in [0.5, 0.6) is 0 Å². The van der Waals surface area contributed by atoms with Crippen molar-refractivity contribution in [3.05, 3.63) is 23.8 Å². The lowest BCUT2D eigenvalue weighted by Crippen LogP contribution is -2.65. The predicted octanol–water partition coefficient (Wildman–Crippen LogP) is 1.86. The molecule has 0 spiro atoms. The molecule has 2 heterocycles. The summed E-state index contributed by atoms with van der Waals surface area (Å²) in [4.78, 5) is 12.9. The molecular weight excluding hydrogens is 456 g/mol. The van der Waals surface area contributed by atoms with Crippen LogP contribution in [0.4, 0.5) is 0 Å². The van der Waals surface area contributed by atoms with Crippen LogP contribution >= 0.6 is 0 Å². The Bertz CT molecular complexity index is 745. The molecule has 9 heteroatoms. The lowest BCUT2D eigenvalue weighted by Gasteiger charge is -2.52. The van der Waals surface area contributed by atoms with Crippen LogP contribution in [0, 0.1) is 11.3 Å². The van der Waals surface area contributed by atoms with Gasteiger partial charge in [-0.05, 0) is 25.3 Å². The van der Waals surface area contributed by atoms with E-state index in [4.69, 9.17) is 18.9 Å². The van der Waals surface area contributed by atoms with Gasteiger partial charge in [0.1, 0.15) is 12.2 Å². The van der Waals surface area contributed by atoms with Gasteiger partial charge in [0.25, 0.3) is 0 Å². The minimum absolute atomic E-state index is 0.0162. The zero-order valence-corrected chi connectivity index (χ0v) is 21.8. The molecular formula is C26H44O9. The molecule has 8 atom stereocenters. The zero-order chi connectivity index (χ0) is 26.4. The van der Waals surface area contributed by atoms with E-state index in [2.05, 4.69) is 0 Å². The lowest BCUT2D eigenvalue weighted by molar-refractivity contribution is -0.367. The van der Waals surface area contributed by atoms with Crippen molar-refractivity contribution in [2.45, 2.75) is 102 Å². The van der Waals surface area contributed by atoms with Gasteiger partial charge < -0.3 is 39.4 Å². The van der Waals surface area contributed by atoms with E-state index < -0.39 is 53.8 Å². The minimum atomic E-state index is -1.93. The van der Waals surface area contributed by atoms with Crippen LogP contribution in [0.25, 0.3) is 0 Å². The Kier molecular flexibility index (Phi) is 10.9. The van der Waals surface area contributed by atoms with E-state index in [9.17, 15) is 25.2 Å². The van der Waals surface area contributed by atoms with Gasteiger partial charge in [-0.1, -0.05) is 39.0 Å². The average Bonchev–Trinajstić information content (AvgIpc) is 2.83. The number of aliphatic hydroxyl groups is 4. The number of esters is 1. The molecule has 0 amide bonds. The summed E-state index contributed by atoms with van der Waals surface area (Å²) in [7, 11) is 2.84. The smallest absolute Gasteiger partial charge is 0.338 e. The number of hydrogen-bond donors (Lipinski definition) is 4. The molecule has 202 valence electrons. The van der Waals surface area contributed by atoms with E-state index in [-0.39, 0.29) is 25.4 Å². The van der Waals surface area contributed by atoms with E-state index in [0.29, 0.717) is 12.8 Å². The fraction of sp³-hybridized carbons (Fsp3) is 0.808. The van der Waals surface area contributed by atoms with Gasteiger partial charge in [-0.2, -0.15) is 0 Å². The van der Waals surface area contributed by atoms with Crippen molar-refractivity contribution in [2.75, 3.05) is 20.8 Å². The third-order valence-corrected chi connectivity index (χ3v) is 7.43. The summed E-state index contributed by atoms with van der Waals surface area (Å²) >= 11 is 0. The van der Waals surface area contributed by atoms with Gasteiger partial charge in [0.2, 0.25) is 0 Å². The third kappa shape index (κ3) is 6.91. The van der Waals surface area contributed by atoms with Gasteiger partial charge in [0, 0.05) is 51.4 Å². The summed E-state index contributed by atoms with van der Waals surface area (Å²) in [6.07, 6.45) is 1.52. The molecule has 0 aromatic heterocycles. The number of carbonyl (C=O) groups excluding carboxylic acids is 1. The number of rotatable bonds is 6. The fourth-order valence-corrected chi connectivity index (χ4v) is 4.77. The van der Waals surface area contributed by atoms with Crippen LogP contribution in [0.2, 0.25) is 0 Å². The summed E-state index contributed by atoms with van der Waals surface area (Å²) < 4.78 is 22.6. The number of aliphatic hydroxyl groups excluding tert-OH is 3. The highest BCUT2D eigenvalue weighted by atomic mass is 16.7. The molecule has 0 radical (unpaired) electrons. The van der Waals surface area contributed by atoms with E-state index in [0.717, 1.165) is 12.0 Å². The molecule has 1 unspecified atom stereocenters. The molecule has 1 saturated heterocycles. The first kappa shape index (κ1) is 29.9. The second-order valence-electron chi connectivity index (χ2n) is 10.3. The molecule has 35 heavy (non-hydrogen) atoms. The highest BCUT2D eigenvalue weighted by Gasteiger charge is 2.57. The summed E-state index contributed by atoms with van der Waals surface area (Å²) in [5, 5.41) is 42.9. The normalized spacial score (nSPS) is 38.8. The number of ether oxygens (including phenoxy) is 4. The zero-order valence-electron chi connectivity index (χ0n) is 21.8. The molecule has 0 aromatic carbocycles. The number of carbonyl (C=O) groups is 1. The van der Waals surface area contributed by atoms with Crippen molar-refractivity contribution in [3.8, 4) is 0 Å². The first-order chi connectivity index (χ1) is 16.4. The minimum Gasteiger partial charge on any atom is -0.456 e. The highest BCUT2D eigenvalue weighted by Crippen LogP contribution is 2.45. The lowest BCUT2D eigenvalue weighted by atomic mass is 9.73. The Hall–Kier alpha value is -1.33. The molecule has 2 aliphatic rings. The van der Waals surface area contributed by atoms with Crippen LogP contribution in [-0.2, 0) is 23.7 Å². The highest BCUT2D eigenvalue weighted by molar-refractivity contribution is 5.75. The van der Waals surface area contributed by atoms with Crippen LogP contribution < -0.4 is 0 Å². The summed E-state index contributed by atoms with van der Waals surface area (Å²) in [5.74, 6) is -2.83. The second-order valence-corrected chi connectivity index (χ2v) is 10.3. The van der Waals surface area contributed by atoms with Crippen molar-refractivity contribution in [2.24, 2.45) is 11.3 Å². The first-order valence-corrected chi connectivity index (χ1v) is 12.4. The van der Waals surface area contributed by atoms with Crippen LogP contribution in [0.3, 0.4) is 0 Å². The van der Waals surface area contributed by atoms with Crippen molar-refractivity contribution >= 4 is 5.97 Å². The van der Waals surface area contributed by atoms with Gasteiger partial charge >= 0.3 is 5.97 Å². The summed E-state index contributed by atoms with van der Waals surface area (Å²) in [6, 6.07) is 0. The van der Waals surface area contributed by atoms with Crippen molar-refractivity contribution in [1.82, 2.24) is 0 Å². The maximum atomic E-state index is 12.9. The van der Waals surface area contributed by atoms with Gasteiger partial charge in [0.05, 0.1) is 18.3 Å². The molecule has 1 fully saturated rings. The van der Waals surface area contributed by atoms with E-state index >= 15 is 0 Å². The van der Waals surface area contributed by atoms with Gasteiger partial charge in [0.15, 0.2) is 11.9 Å². The van der Waals surface area contributed by atoms with E-state index in [1.165, 1.54) is 14.2 Å². The van der Waals surface area contributed by atoms with Gasteiger partial charge in [-0.15, -0.1) is 0 Å². The van der Waals surface area contributed by atoms with Crippen LogP contribution in [-0.4, -0.2) is 89.6 Å². The van der Waals surface area contributed by atoms with Crippen LogP contribution in [0.15, 0.2) is 23.8 Å². The van der Waals surface area contributed by atoms with E-state index in [1.807, 2.05) is 32.1 Å². The number of cyclic esters (lactones) is 1. The van der Waals surface area contributed by atoms with Gasteiger partial charge in [-0.25, -0.2) is 4.79 Å². The fourth-order valence-electron chi connectivity index (χ4n) is 4.77. The Balaban J connectivity index is 2.45. The monoisotopic (exact) mass is 500 g/mol. The van der Waals surface area contributed by atoms with E-state index in [1.54, 1.807) is 13.8 Å². The Morgan fingerprint density at radius 2 is 1.83 bits per heavy atom. The maximum Gasteiger partial charge on any atom is 0.338 e. The predicted molar refractivity (Wildman–Crippen MR) is 129 cm³/mol. The standard InChI is InChI=1S/C26H44O9/c1-7-17(15-27)12-16(2)19-10-8-9-11-25(3,4)26(31)23(29)21(33-6)14-18(35-26)13-20(32-5)22(28)24(30)34-19/h8-9,12,17-23,27-29,31H,7,10-11,13-15H2,1-6H3/b9-8-,16-12+/t17-,18+,19?,20-,21+,22+,23+,26-/m1/s1. The SMILES string of the molecule is CC[C@H](/C=C(\C)C1C/C=C\CC(C)(C)[C@]2(O)O[C@H](C[C@H](OC)[C@@H]2O)C[C@@H](OC)[C@H](O)C(=O)O1)CO. The largest absolute Gasteiger partial charge is 0.456 e. The van der Waals surface area contributed by atoms with Crippen molar-refractivity contribution in [1.29, 1.82) is 0 Å². The van der Waals surface area contributed by atoms with Gasteiger partial charge in [-0.3, -0.25) is 0 Å². The molecule has 0 aliphatic carbocycles. The Labute approximate surface area is 208 Å². The Morgan fingerprint density at radius 3 is 2.40 bits per heavy atom. The average molecular weight is 501 g/mol. The third-order valence-electron chi connectivity index (χ3n) is 7.43. The number of allylic oxidation sites excluding steroid dienone is 1. The Morgan fingerprint density at radius 1 is 1.20 bits per heavy atom. The molecule has 2 aliphatic heterocycles. The second kappa shape index (κ2) is 12.8. The molecule has 2 bridgehead atoms. The topological polar surface area (TPSA) is 135 Å². The molecule has 4 N–H and O–H groups in total. The number of fused-ring (bicyclic) bond motifs is 2. The molecule has 9 nitrogen and oxygen atoms in total. The summed E-state index contributed by atoms with van der Waals surface area (Å²) in [6.45, 7) is 7.39. The molecule has 2 rings (SSSR count). The van der Waals surface area contributed by atoms with Crippen molar-refractivity contribution < 1.29 is 44.2 Å². The number of methoxy groups -OCH3 is 2. The van der Waals surface area contributed by atoms with Crippen LogP contribution in [0.1, 0.15) is 59.8 Å². The number of hydrogen-bond acceptors (Lipinski definition) is 9. The first-order valence-electron chi connectivity index (χ1n) is 12.4. The molecule has 0 aromatic rings. The van der Waals surface area contributed by atoms with Crippen molar-refractivity contribution in [3.63, 3.8) is 0 Å². The summed E-state index contributed by atoms with van der Waals surface area (Å²) in [5.41, 5.74) is -0.126. The quantitative estimate of drug-likeness (QED) is 0.318. The molecule has 0 saturated carbocycles. The maximum absolute atomic E-state index is 12.9.